The summed E-state index contributed by atoms with van der Waals surface area (Å²) in [5.41, 5.74) is 1.17. The molecule has 21 heavy (non-hydrogen) atoms. The second-order valence-electron chi connectivity index (χ2n) is 4.76. The molecule has 0 spiro atoms. The molecule has 1 heterocycles. The topological polar surface area (TPSA) is 56.1 Å². The van der Waals surface area contributed by atoms with Crippen molar-refractivity contribution < 1.29 is 9.53 Å². The minimum Gasteiger partial charge on any atom is -0.494 e. The van der Waals surface area contributed by atoms with Crippen LogP contribution in [0.15, 0.2) is 36.7 Å². The third-order valence-corrected chi connectivity index (χ3v) is 3.21. The molecule has 1 N–H and O–H groups in total. The molecule has 1 aromatic carbocycles. The highest BCUT2D eigenvalue weighted by atomic mass is 16.5. The first-order chi connectivity index (χ1) is 10.2. The van der Waals surface area contributed by atoms with E-state index >= 15 is 0 Å². The minimum absolute atomic E-state index is 0.138. The number of nitrogens with one attached hydrogen (secondary N) is 1. The van der Waals surface area contributed by atoms with E-state index in [-0.39, 0.29) is 5.91 Å². The van der Waals surface area contributed by atoms with Crippen LogP contribution in [0.1, 0.15) is 29.5 Å². The number of amides is 1. The van der Waals surface area contributed by atoms with E-state index in [1.807, 2.05) is 25.1 Å². The molecule has 1 aromatic heterocycles. The maximum atomic E-state index is 11.9. The molecule has 5 heteroatoms. The van der Waals surface area contributed by atoms with Gasteiger partial charge < -0.3 is 14.6 Å². The van der Waals surface area contributed by atoms with E-state index in [2.05, 4.69) is 16.4 Å². The van der Waals surface area contributed by atoms with Crippen molar-refractivity contribution in [2.45, 2.75) is 19.8 Å². The van der Waals surface area contributed by atoms with Gasteiger partial charge >= 0.3 is 0 Å². The van der Waals surface area contributed by atoms with Crippen LogP contribution in [0, 0.1) is 0 Å². The summed E-state index contributed by atoms with van der Waals surface area (Å²) in [5.74, 6) is 1.22. The molecular formula is C16H21N3O2. The zero-order valence-corrected chi connectivity index (χ0v) is 12.5. The van der Waals surface area contributed by atoms with Crippen molar-refractivity contribution >= 4 is 5.91 Å². The van der Waals surface area contributed by atoms with Gasteiger partial charge in [-0.2, -0.15) is 0 Å². The second kappa shape index (κ2) is 7.47. The number of hydrogen-bond donors (Lipinski definition) is 1. The molecule has 0 radical (unpaired) electrons. The van der Waals surface area contributed by atoms with E-state index in [4.69, 9.17) is 4.74 Å². The Kier molecular flexibility index (Phi) is 5.37. The zero-order valence-electron chi connectivity index (χ0n) is 12.5. The number of carbonyl (C=O) groups excluding carboxylic acids is 1. The number of aromatic nitrogens is 2. The fourth-order valence-corrected chi connectivity index (χ4v) is 2.15. The predicted molar refractivity (Wildman–Crippen MR) is 81.5 cm³/mol. The lowest BCUT2D eigenvalue weighted by Crippen LogP contribution is -2.27. The first kappa shape index (κ1) is 15.1. The predicted octanol–water partition coefficient (Wildman–Crippen LogP) is 2.18. The van der Waals surface area contributed by atoms with Gasteiger partial charge in [0.15, 0.2) is 5.82 Å². The van der Waals surface area contributed by atoms with Crippen LogP contribution in [0.3, 0.4) is 0 Å². The standard InChI is InChI=1S/C16H21N3O2/c1-3-21-14-9-5-4-7-13(14)8-6-10-18-16(20)15-17-11-12-19(15)2/h4-5,7,9,11-12H,3,6,8,10H2,1-2H3,(H,18,20). The van der Waals surface area contributed by atoms with Crippen LogP contribution in [0.25, 0.3) is 0 Å². The Labute approximate surface area is 125 Å². The van der Waals surface area contributed by atoms with Crippen molar-refractivity contribution in [1.82, 2.24) is 14.9 Å². The lowest BCUT2D eigenvalue weighted by atomic mass is 10.1. The molecule has 0 saturated heterocycles. The molecule has 0 bridgehead atoms. The first-order valence-electron chi connectivity index (χ1n) is 7.18. The van der Waals surface area contributed by atoms with Crippen molar-refractivity contribution in [3.63, 3.8) is 0 Å². The van der Waals surface area contributed by atoms with Gasteiger partial charge in [-0.25, -0.2) is 4.98 Å². The van der Waals surface area contributed by atoms with Crippen LogP contribution in [0.5, 0.6) is 5.75 Å². The molecule has 0 aliphatic carbocycles. The quantitative estimate of drug-likeness (QED) is 0.794. The number of hydrogen-bond acceptors (Lipinski definition) is 3. The van der Waals surface area contributed by atoms with E-state index < -0.39 is 0 Å². The molecule has 1 amide bonds. The monoisotopic (exact) mass is 287 g/mol. The molecule has 112 valence electrons. The van der Waals surface area contributed by atoms with Gasteiger partial charge in [0, 0.05) is 26.0 Å². The summed E-state index contributed by atoms with van der Waals surface area (Å²) in [7, 11) is 1.81. The summed E-state index contributed by atoms with van der Waals surface area (Å²) >= 11 is 0. The van der Waals surface area contributed by atoms with Crippen molar-refractivity contribution in [3.05, 3.63) is 48.0 Å². The van der Waals surface area contributed by atoms with Gasteiger partial charge in [0.25, 0.3) is 5.91 Å². The smallest absolute Gasteiger partial charge is 0.287 e. The van der Waals surface area contributed by atoms with E-state index in [0.29, 0.717) is 19.0 Å². The van der Waals surface area contributed by atoms with Crippen LogP contribution >= 0.6 is 0 Å². The van der Waals surface area contributed by atoms with Crippen LogP contribution < -0.4 is 10.1 Å². The van der Waals surface area contributed by atoms with E-state index in [9.17, 15) is 4.79 Å². The summed E-state index contributed by atoms with van der Waals surface area (Å²) in [6.07, 6.45) is 5.11. The van der Waals surface area contributed by atoms with E-state index in [0.717, 1.165) is 18.6 Å². The van der Waals surface area contributed by atoms with E-state index in [1.54, 1.807) is 24.0 Å². The van der Waals surface area contributed by atoms with Gasteiger partial charge in [0.1, 0.15) is 5.75 Å². The SMILES string of the molecule is CCOc1ccccc1CCCNC(=O)c1nccn1C. The minimum atomic E-state index is -0.138. The van der Waals surface area contributed by atoms with Crippen molar-refractivity contribution in [2.24, 2.45) is 7.05 Å². The molecule has 0 aliphatic heterocycles. The van der Waals surface area contributed by atoms with Crippen molar-refractivity contribution in [3.8, 4) is 5.75 Å². The molecule has 5 nitrogen and oxygen atoms in total. The highest BCUT2D eigenvalue weighted by molar-refractivity contribution is 5.90. The third kappa shape index (κ3) is 4.08. The Hall–Kier alpha value is -2.30. The van der Waals surface area contributed by atoms with Gasteiger partial charge in [-0.1, -0.05) is 18.2 Å². The normalized spacial score (nSPS) is 10.4. The summed E-state index contributed by atoms with van der Waals surface area (Å²) in [5, 5.41) is 2.88. The maximum absolute atomic E-state index is 11.9. The molecule has 0 aliphatic rings. The van der Waals surface area contributed by atoms with Crippen LogP contribution in [0.2, 0.25) is 0 Å². The number of imidazole rings is 1. The summed E-state index contributed by atoms with van der Waals surface area (Å²) in [6.45, 7) is 3.25. The molecule has 0 saturated carbocycles. The Bertz CT molecular complexity index is 593. The second-order valence-corrected chi connectivity index (χ2v) is 4.76. The average Bonchev–Trinajstić information content (AvgIpc) is 2.91. The molecule has 2 rings (SSSR count). The van der Waals surface area contributed by atoms with Crippen LogP contribution in [-0.2, 0) is 13.5 Å². The van der Waals surface area contributed by atoms with Gasteiger partial charge in [-0.05, 0) is 31.4 Å². The number of aryl methyl sites for hydroxylation is 2. The maximum Gasteiger partial charge on any atom is 0.287 e. The fraction of sp³-hybridized carbons (Fsp3) is 0.375. The van der Waals surface area contributed by atoms with Crippen LogP contribution in [-0.4, -0.2) is 28.6 Å². The average molecular weight is 287 g/mol. The Morgan fingerprint density at radius 3 is 2.90 bits per heavy atom. The molecule has 0 fully saturated rings. The van der Waals surface area contributed by atoms with E-state index in [1.165, 1.54) is 5.56 Å². The fourth-order valence-electron chi connectivity index (χ4n) is 2.15. The van der Waals surface area contributed by atoms with Crippen molar-refractivity contribution in [2.75, 3.05) is 13.2 Å². The number of nitrogens with zero attached hydrogens (tertiary/aromatic N) is 2. The Balaban J connectivity index is 1.80. The van der Waals surface area contributed by atoms with Gasteiger partial charge in [0.05, 0.1) is 6.61 Å². The molecule has 0 unspecified atom stereocenters. The number of para-hydroxylation sites is 1. The summed E-state index contributed by atoms with van der Waals surface area (Å²) in [6, 6.07) is 8.01. The van der Waals surface area contributed by atoms with Gasteiger partial charge in [0.2, 0.25) is 0 Å². The van der Waals surface area contributed by atoms with Crippen molar-refractivity contribution in [1.29, 1.82) is 0 Å². The first-order valence-corrected chi connectivity index (χ1v) is 7.18. The summed E-state index contributed by atoms with van der Waals surface area (Å²) < 4.78 is 7.30. The van der Waals surface area contributed by atoms with Gasteiger partial charge in [-0.3, -0.25) is 4.79 Å². The van der Waals surface area contributed by atoms with Gasteiger partial charge in [-0.15, -0.1) is 0 Å². The molecular weight excluding hydrogens is 266 g/mol. The number of ether oxygens (including phenoxy) is 1. The number of rotatable bonds is 7. The third-order valence-electron chi connectivity index (χ3n) is 3.21. The Morgan fingerprint density at radius 2 is 2.19 bits per heavy atom. The Morgan fingerprint density at radius 1 is 1.38 bits per heavy atom. The highest BCUT2D eigenvalue weighted by Gasteiger charge is 2.09. The number of carbonyl (C=O) groups is 1. The zero-order chi connectivity index (χ0) is 15.1. The molecule has 2 aromatic rings. The highest BCUT2D eigenvalue weighted by Crippen LogP contribution is 2.19. The lowest BCUT2D eigenvalue weighted by Gasteiger charge is -2.10. The lowest BCUT2D eigenvalue weighted by molar-refractivity contribution is 0.0940. The largest absolute Gasteiger partial charge is 0.494 e. The van der Waals surface area contributed by atoms with Crippen LogP contribution in [0.4, 0.5) is 0 Å². The number of benzene rings is 1. The molecule has 0 atom stereocenters. The summed E-state index contributed by atoms with van der Waals surface area (Å²) in [4.78, 5) is 15.9.